The number of ether oxygens (including phenoxy) is 1. The zero-order chi connectivity index (χ0) is 55.7. The molecule has 0 aliphatic rings. The minimum absolute atomic E-state index is 0.0138. The summed E-state index contributed by atoms with van der Waals surface area (Å²) in [6.45, 7) is 4.92. The number of allylic oxidation sites excluding steroid dienone is 5. The maximum Gasteiger partial charge on any atom is 0.305 e. The number of esters is 1. The van der Waals surface area contributed by atoms with E-state index in [4.69, 9.17) is 4.74 Å². The summed E-state index contributed by atoms with van der Waals surface area (Å²) in [5.74, 6) is -0.0498. The third kappa shape index (κ3) is 63.1. The Hall–Kier alpha value is -1.92. The van der Waals surface area contributed by atoms with Crippen LogP contribution in [0.2, 0.25) is 0 Å². The van der Waals surface area contributed by atoms with Gasteiger partial charge in [0.1, 0.15) is 0 Å². The van der Waals surface area contributed by atoms with Gasteiger partial charge < -0.3 is 20.3 Å². The topological polar surface area (TPSA) is 95.9 Å². The molecular formula is C71H135NO5. The van der Waals surface area contributed by atoms with Crippen molar-refractivity contribution in [1.82, 2.24) is 5.32 Å². The molecule has 0 radical (unpaired) electrons. The van der Waals surface area contributed by atoms with Crippen LogP contribution in [0.4, 0.5) is 0 Å². The summed E-state index contributed by atoms with van der Waals surface area (Å²) in [4.78, 5) is 24.5. The predicted molar refractivity (Wildman–Crippen MR) is 338 cm³/mol. The van der Waals surface area contributed by atoms with Crippen molar-refractivity contribution in [2.24, 2.45) is 0 Å². The fourth-order valence-corrected chi connectivity index (χ4v) is 10.8. The summed E-state index contributed by atoms with van der Waals surface area (Å²) in [7, 11) is 0. The van der Waals surface area contributed by atoms with E-state index in [1.165, 1.54) is 308 Å². The van der Waals surface area contributed by atoms with Gasteiger partial charge in [-0.2, -0.15) is 0 Å². The molecule has 77 heavy (non-hydrogen) atoms. The number of carbonyl (C=O) groups excluding carboxylic acids is 2. The van der Waals surface area contributed by atoms with Crippen LogP contribution in [0, 0.1) is 0 Å². The summed E-state index contributed by atoms with van der Waals surface area (Å²) in [5, 5.41) is 23.2. The molecule has 0 rings (SSSR count). The van der Waals surface area contributed by atoms with Crippen LogP contribution in [0.3, 0.4) is 0 Å². The second-order valence-corrected chi connectivity index (χ2v) is 23.9. The largest absolute Gasteiger partial charge is 0.466 e. The predicted octanol–water partition coefficient (Wildman–Crippen LogP) is 22.3. The summed E-state index contributed by atoms with van der Waals surface area (Å²) in [5.41, 5.74) is 0. The first kappa shape index (κ1) is 75.1. The molecule has 6 heteroatoms. The van der Waals surface area contributed by atoms with Crippen LogP contribution in [0.15, 0.2) is 36.5 Å². The molecule has 0 aliphatic carbocycles. The lowest BCUT2D eigenvalue weighted by atomic mass is 10.0. The van der Waals surface area contributed by atoms with Gasteiger partial charge in [-0.1, -0.05) is 339 Å². The van der Waals surface area contributed by atoms with Gasteiger partial charge in [0.25, 0.3) is 0 Å². The van der Waals surface area contributed by atoms with Crippen molar-refractivity contribution in [3.63, 3.8) is 0 Å². The highest BCUT2D eigenvalue weighted by molar-refractivity contribution is 5.76. The van der Waals surface area contributed by atoms with Crippen LogP contribution in [-0.4, -0.2) is 47.4 Å². The molecule has 3 N–H and O–H groups in total. The van der Waals surface area contributed by atoms with Gasteiger partial charge >= 0.3 is 5.97 Å². The molecule has 0 heterocycles. The molecule has 6 nitrogen and oxygen atoms in total. The van der Waals surface area contributed by atoms with E-state index in [0.717, 1.165) is 44.9 Å². The van der Waals surface area contributed by atoms with Gasteiger partial charge in [-0.25, -0.2) is 0 Å². The van der Waals surface area contributed by atoms with Gasteiger partial charge in [-0.05, 0) is 64.2 Å². The Morgan fingerprint density at radius 2 is 0.649 bits per heavy atom. The Kier molecular flexibility index (Phi) is 64.9. The summed E-state index contributed by atoms with van der Waals surface area (Å²) in [6, 6.07) is -0.626. The number of nitrogens with one attached hydrogen (secondary N) is 1. The highest BCUT2D eigenvalue weighted by Gasteiger charge is 2.18. The van der Waals surface area contributed by atoms with Gasteiger partial charge in [0.05, 0.1) is 25.4 Å². The molecule has 0 saturated carbocycles. The molecule has 0 aliphatic heterocycles. The SMILES string of the molecule is CCCCCCCCCCCCCCCC/C=C/C(O)C(CO)NC(=O)CCCCCCCCCCCCCCCCCCC/C=C\C/C=C\CCCCCCCCCCCOC(=O)CCCCCCCCCCCCC. The molecule has 0 saturated heterocycles. The first-order valence-electron chi connectivity index (χ1n) is 34.8. The number of carbonyl (C=O) groups is 2. The molecule has 454 valence electrons. The third-order valence-corrected chi connectivity index (χ3v) is 16.2. The van der Waals surface area contributed by atoms with Gasteiger partial charge in [-0.15, -0.1) is 0 Å². The first-order chi connectivity index (χ1) is 38.0. The van der Waals surface area contributed by atoms with Crippen molar-refractivity contribution in [3.8, 4) is 0 Å². The van der Waals surface area contributed by atoms with E-state index in [1.54, 1.807) is 6.08 Å². The number of aliphatic hydroxyl groups excluding tert-OH is 2. The van der Waals surface area contributed by atoms with E-state index in [1.807, 2.05) is 6.08 Å². The second-order valence-electron chi connectivity index (χ2n) is 23.9. The Bertz CT molecular complexity index is 1250. The molecular weight excluding hydrogens is 947 g/mol. The number of hydrogen-bond donors (Lipinski definition) is 3. The number of rotatable bonds is 65. The van der Waals surface area contributed by atoms with Crippen molar-refractivity contribution >= 4 is 11.9 Å². The van der Waals surface area contributed by atoms with Crippen LogP contribution < -0.4 is 5.32 Å². The highest BCUT2D eigenvalue weighted by atomic mass is 16.5. The van der Waals surface area contributed by atoms with Crippen LogP contribution >= 0.6 is 0 Å². The van der Waals surface area contributed by atoms with Crippen LogP contribution in [0.25, 0.3) is 0 Å². The molecule has 0 spiro atoms. The Morgan fingerprint density at radius 1 is 0.364 bits per heavy atom. The highest BCUT2D eigenvalue weighted by Crippen LogP contribution is 2.18. The summed E-state index contributed by atoms with van der Waals surface area (Å²) in [6.07, 6.45) is 85.1. The smallest absolute Gasteiger partial charge is 0.305 e. The zero-order valence-electron chi connectivity index (χ0n) is 52.0. The van der Waals surface area contributed by atoms with E-state index >= 15 is 0 Å². The monoisotopic (exact) mass is 1080 g/mol. The lowest BCUT2D eigenvalue weighted by molar-refractivity contribution is -0.143. The Balaban J connectivity index is 3.40. The molecule has 0 aromatic rings. The standard InChI is InChI=1S/C71H135NO5/c1-3-5-7-9-11-13-15-16-17-37-40-44-47-51-55-59-63-69(74)68(67-73)72-70(75)64-60-56-52-48-45-41-38-35-33-31-29-27-25-23-21-19-18-20-22-24-26-28-30-32-34-36-39-42-46-50-54-58-62-66-77-71(76)65-61-57-53-49-43-14-12-10-8-6-4-2/h22,24,28,30,59,63,68-69,73-74H,3-21,23,25-27,29,31-58,60-62,64-67H2,1-2H3,(H,72,75)/b24-22-,30-28-,63-59+. The van der Waals surface area contributed by atoms with Crippen molar-refractivity contribution < 1.29 is 24.5 Å². The lowest BCUT2D eigenvalue weighted by Gasteiger charge is -2.20. The third-order valence-electron chi connectivity index (χ3n) is 16.2. The number of aliphatic hydroxyl groups is 2. The molecule has 0 aromatic heterocycles. The van der Waals surface area contributed by atoms with E-state index in [2.05, 4.69) is 43.5 Å². The van der Waals surface area contributed by atoms with Crippen LogP contribution in [0.1, 0.15) is 380 Å². The molecule has 0 aromatic carbocycles. The van der Waals surface area contributed by atoms with E-state index in [0.29, 0.717) is 19.4 Å². The number of amides is 1. The average Bonchev–Trinajstić information content (AvgIpc) is 3.43. The molecule has 0 fully saturated rings. The lowest BCUT2D eigenvalue weighted by Crippen LogP contribution is -2.45. The van der Waals surface area contributed by atoms with Gasteiger partial charge in [0.15, 0.2) is 0 Å². The average molecular weight is 1080 g/mol. The van der Waals surface area contributed by atoms with Crippen LogP contribution in [-0.2, 0) is 14.3 Å². The fourth-order valence-electron chi connectivity index (χ4n) is 10.8. The van der Waals surface area contributed by atoms with E-state index in [-0.39, 0.29) is 18.5 Å². The zero-order valence-corrected chi connectivity index (χ0v) is 52.0. The second kappa shape index (κ2) is 66.6. The van der Waals surface area contributed by atoms with Crippen molar-refractivity contribution in [1.29, 1.82) is 0 Å². The number of hydrogen-bond acceptors (Lipinski definition) is 5. The quantitative estimate of drug-likeness (QED) is 0.0320. The van der Waals surface area contributed by atoms with Gasteiger partial charge in [0.2, 0.25) is 5.91 Å². The first-order valence-corrected chi connectivity index (χ1v) is 34.8. The minimum Gasteiger partial charge on any atom is -0.466 e. The molecule has 0 bridgehead atoms. The Morgan fingerprint density at radius 3 is 0.987 bits per heavy atom. The van der Waals surface area contributed by atoms with E-state index in [9.17, 15) is 19.8 Å². The summed E-state index contributed by atoms with van der Waals surface area (Å²) >= 11 is 0. The molecule has 2 atom stereocenters. The maximum absolute atomic E-state index is 12.5. The minimum atomic E-state index is -0.843. The van der Waals surface area contributed by atoms with Crippen LogP contribution in [0.5, 0.6) is 0 Å². The van der Waals surface area contributed by atoms with Gasteiger partial charge in [-0.3, -0.25) is 9.59 Å². The molecule has 2 unspecified atom stereocenters. The van der Waals surface area contributed by atoms with Gasteiger partial charge in [0, 0.05) is 12.8 Å². The fraction of sp³-hybridized carbons (Fsp3) is 0.887. The summed E-state index contributed by atoms with van der Waals surface area (Å²) < 4.78 is 5.47. The van der Waals surface area contributed by atoms with E-state index < -0.39 is 12.1 Å². The van der Waals surface area contributed by atoms with Crippen molar-refractivity contribution in [3.05, 3.63) is 36.5 Å². The van der Waals surface area contributed by atoms with Crippen molar-refractivity contribution in [2.45, 2.75) is 392 Å². The number of unbranched alkanes of at least 4 members (excludes halogenated alkanes) is 50. The molecule has 1 amide bonds. The maximum atomic E-state index is 12.5. The normalized spacial score (nSPS) is 12.7. The van der Waals surface area contributed by atoms with Crippen molar-refractivity contribution in [2.75, 3.05) is 13.2 Å². The Labute approximate surface area is 481 Å².